The van der Waals surface area contributed by atoms with Crippen molar-refractivity contribution >= 4 is 21.4 Å². The van der Waals surface area contributed by atoms with E-state index in [1.54, 1.807) is 61.5 Å². The van der Waals surface area contributed by atoms with Gasteiger partial charge in [-0.15, -0.1) is 0 Å². The quantitative estimate of drug-likeness (QED) is 0.576. The first-order valence-electron chi connectivity index (χ1n) is 9.18. The van der Waals surface area contributed by atoms with Gasteiger partial charge >= 0.3 is 0 Å². The molecule has 3 aromatic carbocycles. The molecular formula is C22H22F2N2O4S. The molecule has 0 aliphatic heterocycles. The maximum atomic E-state index is 14.2. The lowest BCUT2D eigenvalue weighted by Gasteiger charge is -2.22. The molecule has 0 spiro atoms. The average molecular weight is 448 g/mol. The molecule has 0 bridgehead atoms. The van der Waals surface area contributed by atoms with E-state index < -0.39 is 26.6 Å². The van der Waals surface area contributed by atoms with E-state index in [0.29, 0.717) is 23.3 Å². The number of sulfonamides is 1. The highest BCUT2D eigenvalue weighted by molar-refractivity contribution is 7.92. The Morgan fingerprint density at radius 1 is 0.871 bits per heavy atom. The topological polar surface area (TPSA) is 67.9 Å². The van der Waals surface area contributed by atoms with Gasteiger partial charge in [0.1, 0.15) is 17.2 Å². The van der Waals surface area contributed by atoms with Crippen LogP contribution in [0.3, 0.4) is 0 Å². The van der Waals surface area contributed by atoms with Crippen molar-refractivity contribution in [3.05, 3.63) is 66.2 Å². The predicted octanol–water partition coefficient (Wildman–Crippen LogP) is 4.52. The van der Waals surface area contributed by atoms with Crippen molar-refractivity contribution in [2.45, 2.75) is 4.90 Å². The zero-order valence-corrected chi connectivity index (χ0v) is 18.3. The number of ether oxygens (including phenoxy) is 2. The fourth-order valence-corrected chi connectivity index (χ4v) is 4.46. The molecule has 0 saturated heterocycles. The summed E-state index contributed by atoms with van der Waals surface area (Å²) >= 11 is 0. The second-order valence-electron chi connectivity index (χ2n) is 6.86. The minimum Gasteiger partial charge on any atom is -0.494 e. The number of hydrogen-bond donors (Lipinski definition) is 1. The summed E-state index contributed by atoms with van der Waals surface area (Å²) in [5.41, 5.74) is 1.15. The van der Waals surface area contributed by atoms with E-state index in [9.17, 15) is 17.2 Å². The number of anilines is 2. The first-order valence-corrected chi connectivity index (χ1v) is 10.7. The molecule has 9 heteroatoms. The smallest absolute Gasteiger partial charge is 0.262 e. The molecule has 3 aromatic rings. The number of benzene rings is 3. The van der Waals surface area contributed by atoms with Gasteiger partial charge < -0.3 is 14.4 Å². The Morgan fingerprint density at radius 3 is 1.94 bits per heavy atom. The van der Waals surface area contributed by atoms with Crippen molar-refractivity contribution in [3.63, 3.8) is 0 Å². The van der Waals surface area contributed by atoms with E-state index in [-0.39, 0.29) is 16.8 Å². The van der Waals surface area contributed by atoms with E-state index >= 15 is 0 Å². The van der Waals surface area contributed by atoms with Crippen LogP contribution in [0, 0.1) is 11.6 Å². The van der Waals surface area contributed by atoms with Gasteiger partial charge in [-0.3, -0.25) is 4.72 Å². The lowest BCUT2D eigenvalue weighted by molar-refractivity contribution is 0.396. The van der Waals surface area contributed by atoms with Gasteiger partial charge in [0.25, 0.3) is 10.0 Å². The number of nitrogens with zero attached hydrogens (tertiary/aromatic N) is 1. The Morgan fingerprint density at radius 2 is 1.42 bits per heavy atom. The molecule has 3 rings (SSSR count). The molecule has 0 fully saturated rings. The first-order chi connectivity index (χ1) is 14.7. The predicted molar refractivity (Wildman–Crippen MR) is 116 cm³/mol. The molecule has 0 unspecified atom stereocenters. The third-order valence-corrected chi connectivity index (χ3v) is 6.00. The summed E-state index contributed by atoms with van der Waals surface area (Å²) in [6.45, 7) is 0. The summed E-state index contributed by atoms with van der Waals surface area (Å²) in [6, 6.07) is 12.7. The molecule has 0 saturated carbocycles. The monoisotopic (exact) mass is 448 g/mol. The van der Waals surface area contributed by atoms with Crippen LogP contribution in [-0.2, 0) is 10.0 Å². The van der Waals surface area contributed by atoms with Gasteiger partial charge in [0.15, 0.2) is 11.6 Å². The number of methoxy groups -OCH3 is 2. The summed E-state index contributed by atoms with van der Waals surface area (Å²) in [5, 5.41) is 0. The van der Waals surface area contributed by atoms with E-state index in [0.717, 1.165) is 6.07 Å². The van der Waals surface area contributed by atoms with Gasteiger partial charge in [0.05, 0.1) is 19.1 Å². The summed E-state index contributed by atoms with van der Waals surface area (Å²) in [5.74, 6) is -1.70. The largest absolute Gasteiger partial charge is 0.494 e. The molecule has 0 atom stereocenters. The Balaban J connectivity index is 2.24. The zero-order chi connectivity index (χ0) is 22.8. The van der Waals surface area contributed by atoms with Crippen molar-refractivity contribution in [2.75, 3.05) is 37.9 Å². The van der Waals surface area contributed by atoms with Crippen LogP contribution in [0.1, 0.15) is 0 Å². The number of rotatable bonds is 7. The molecular weight excluding hydrogens is 426 g/mol. The van der Waals surface area contributed by atoms with Gasteiger partial charge in [-0.05, 0) is 42.0 Å². The molecule has 0 aliphatic carbocycles. The number of nitrogens with one attached hydrogen (secondary N) is 1. The van der Waals surface area contributed by atoms with Crippen molar-refractivity contribution in [3.8, 4) is 22.6 Å². The molecule has 0 heterocycles. The molecule has 164 valence electrons. The first kappa shape index (κ1) is 22.4. The zero-order valence-electron chi connectivity index (χ0n) is 17.4. The Kier molecular flexibility index (Phi) is 6.35. The third-order valence-electron chi connectivity index (χ3n) is 4.58. The SMILES string of the molecule is COc1cc(-c2cc(F)c(F)cc2S(=O)(=O)Nc2ccccc2)cc(OC)c1N(C)C. The normalized spacial score (nSPS) is 11.2. The summed E-state index contributed by atoms with van der Waals surface area (Å²) in [6.07, 6.45) is 0. The van der Waals surface area contributed by atoms with Gasteiger partial charge in [0, 0.05) is 25.3 Å². The summed E-state index contributed by atoms with van der Waals surface area (Å²) in [7, 11) is 2.23. The lowest BCUT2D eigenvalue weighted by atomic mass is 10.0. The van der Waals surface area contributed by atoms with Gasteiger partial charge in [0.2, 0.25) is 0 Å². The lowest BCUT2D eigenvalue weighted by Crippen LogP contribution is -2.15. The Bertz CT molecular complexity index is 1170. The minimum absolute atomic E-state index is 0.0377. The second kappa shape index (κ2) is 8.81. The van der Waals surface area contributed by atoms with Crippen LogP contribution < -0.4 is 19.1 Å². The molecule has 6 nitrogen and oxygen atoms in total. The average Bonchev–Trinajstić information content (AvgIpc) is 2.74. The minimum atomic E-state index is -4.25. The van der Waals surface area contributed by atoms with Crippen LogP contribution in [0.15, 0.2) is 59.5 Å². The van der Waals surface area contributed by atoms with Crippen molar-refractivity contribution < 1.29 is 26.7 Å². The van der Waals surface area contributed by atoms with E-state index in [1.165, 1.54) is 14.2 Å². The standard InChI is InChI=1S/C22H22F2N2O4S/c1-26(2)22-19(29-3)10-14(11-20(22)30-4)16-12-17(23)18(24)13-21(16)31(27,28)25-15-8-6-5-7-9-15/h5-13,25H,1-4H3. The van der Waals surface area contributed by atoms with Crippen LogP contribution in [0.25, 0.3) is 11.1 Å². The van der Waals surface area contributed by atoms with E-state index in [1.807, 2.05) is 0 Å². The van der Waals surface area contributed by atoms with Gasteiger partial charge in [-0.1, -0.05) is 18.2 Å². The Hall–Kier alpha value is -3.33. The summed E-state index contributed by atoms with van der Waals surface area (Å²) < 4.78 is 67.7. The molecule has 0 aromatic heterocycles. The Labute approximate surface area is 180 Å². The molecule has 0 radical (unpaired) electrons. The van der Waals surface area contributed by atoms with Crippen LogP contribution in [0.4, 0.5) is 20.2 Å². The fraction of sp³-hybridized carbons (Fsp3) is 0.182. The fourth-order valence-electron chi connectivity index (χ4n) is 3.18. The van der Waals surface area contributed by atoms with Gasteiger partial charge in [-0.25, -0.2) is 17.2 Å². The van der Waals surface area contributed by atoms with Crippen molar-refractivity contribution in [1.29, 1.82) is 0 Å². The van der Waals surface area contributed by atoms with E-state index in [4.69, 9.17) is 9.47 Å². The highest BCUT2D eigenvalue weighted by atomic mass is 32.2. The maximum absolute atomic E-state index is 14.2. The van der Waals surface area contributed by atoms with Crippen LogP contribution >= 0.6 is 0 Å². The molecule has 0 aliphatic rings. The van der Waals surface area contributed by atoms with Crippen LogP contribution in [0.2, 0.25) is 0 Å². The van der Waals surface area contributed by atoms with Crippen molar-refractivity contribution in [2.24, 2.45) is 0 Å². The third kappa shape index (κ3) is 4.56. The number of hydrogen-bond acceptors (Lipinski definition) is 5. The van der Waals surface area contributed by atoms with Crippen LogP contribution in [0.5, 0.6) is 11.5 Å². The highest BCUT2D eigenvalue weighted by Gasteiger charge is 2.25. The second-order valence-corrected chi connectivity index (χ2v) is 8.51. The van der Waals surface area contributed by atoms with Crippen molar-refractivity contribution in [1.82, 2.24) is 0 Å². The summed E-state index contributed by atoms with van der Waals surface area (Å²) in [4.78, 5) is 1.35. The maximum Gasteiger partial charge on any atom is 0.262 e. The van der Waals surface area contributed by atoms with Gasteiger partial charge in [-0.2, -0.15) is 0 Å². The van der Waals surface area contributed by atoms with E-state index in [2.05, 4.69) is 4.72 Å². The number of halogens is 2. The highest BCUT2D eigenvalue weighted by Crippen LogP contribution is 2.42. The molecule has 1 N–H and O–H groups in total. The van der Waals surface area contributed by atoms with Crippen LogP contribution in [-0.4, -0.2) is 36.7 Å². The molecule has 31 heavy (non-hydrogen) atoms. The number of para-hydroxylation sites is 1. The molecule has 0 amide bonds.